The van der Waals surface area contributed by atoms with Crippen molar-refractivity contribution in [2.24, 2.45) is 0 Å². The second-order valence-corrected chi connectivity index (χ2v) is 4.02. The van der Waals surface area contributed by atoms with Crippen molar-refractivity contribution in [3.8, 4) is 11.3 Å². The molecule has 2 aromatic carbocycles. The summed E-state index contributed by atoms with van der Waals surface area (Å²) >= 11 is 0. The molecule has 1 heterocycles. The number of rotatable bonds is 1. The van der Waals surface area contributed by atoms with Crippen LogP contribution in [0.25, 0.3) is 22.0 Å². The van der Waals surface area contributed by atoms with Gasteiger partial charge in [-0.15, -0.1) is 0 Å². The van der Waals surface area contributed by atoms with E-state index in [1.54, 1.807) is 6.33 Å². The summed E-state index contributed by atoms with van der Waals surface area (Å²) in [7, 11) is 2.11. The predicted octanol–water partition coefficient (Wildman–Crippen LogP) is 1.49. The fraction of sp³-hybridized carbons (Fsp3) is 0. The first-order valence-electron chi connectivity index (χ1n) is 5.32. The lowest BCUT2D eigenvalue weighted by atomic mass is 9.93. The number of aromatic amines is 1. The van der Waals surface area contributed by atoms with Crippen LogP contribution in [0.2, 0.25) is 0 Å². The standard InChI is InChI=1S/C13H11BN2/c14-12-4-3-9-5-11(2-1-10(9)6-12)13-7-15-8-16-13/h1-8H,14H2,(H,15,16). The molecule has 1 N–H and O–H groups in total. The van der Waals surface area contributed by atoms with Crippen LogP contribution >= 0.6 is 0 Å². The minimum absolute atomic E-state index is 0.988. The van der Waals surface area contributed by atoms with Crippen molar-refractivity contribution in [3.63, 3.8) is 0 Å². The van der Waals surface area contributed by atoms with E-state index >= 15 is 0 Å². The average molecular weight is 206 g/mol. The molecule has 0 atom stereocenters. The largest absolute Gasteiger partial charge is 0.351 e. The number of benzene rings is 2. The van der Waals surface area contributed by atoms with E-state index in [0.717, 1.165) is 11.3 Å². The van der Waals surface area contributed by atoms with Crippen LogP contribution in [0, 0.1) is 0 Å². The van der Waals surface area contributed by atoms with Crippen LogP contribution in [0.1, 0.15) is 0 Å². The summed E-state index contributed by atoms with van der Waals surface area (Å²) < 4.78 is 0. The molecule has 16 heavy (non-hydrogen) atoms. The molecule has 0 aliphatic carbocycles. The molecule has 0 aliphatic heterocycles. The summed E-state index contributed by atoms with van der Waals surface area (Å²) in [6.07, 6.45) is 3.62. The van der Waals surface area contributed by atoms with Crippen LogP contribution in [0.3, 0.4) is 0 Å². The van der Waals surface area contributed by atoms with E-state index in [-0.39, 0.29) is 0 Å². The minimum atomic E-state index is 0.988. The number of fused-ring (bicyclic) bond motifs is 1. The molecule has 3 heteroatoms. The van der Waals surface area contributed by atoms with Crippen LogP contribution < -0.4 is 5.46 Å². The summed E-state index contributed by atoms with van der Waals surface area (Å²) in [5.41, 5.74) is 3.43. The van der Waals surface area contributed by atoms with Gasteiger partial charge in [0.25, 0.3) is 0 Å². The summed E-state index contributed by atoms with van der Waals surface area (Å²) in [5.74, 6) is 0. The molecule has 0 spiro atoms. The normalized spacial score (nSPS) is 10.8. The van der Waals surface area contributed by atoms with Crippen LogP contribution in [-0.2, 0) is 0 Å². The molecule has 2 nitrogen and oxygen atoms in total. The van der Waals surface area contributed by atoms with Crippen molar-refractivity contribution in [2.45, 2.75) is 0 Å². The van der Waals surface area contributed by atoms with Crippen LogP contribution in [0.15, 0.2) is 48.9 Å². The number of imidazole rings is 1. The average Bonchev–Trinajstić information content (AvgIpc) is 2.82. The third-order valence-electron chi connectivity index (χ3n) is 2.79. The SMILES string of the molecule is Bc1ccc2cc(-c3c[nH]cn3)ccc2c1. The van der Waals surface area contributed by atoms with Gasteiger partial charge in [0.15, 0.2) is 0 Å². The Labute approximate surface area is 94.8 Å². The maximum Gasteiger partial charge on any atom is 0.139 e. The number of aromatic nitrogens is 2. The van der Waals surface area contributed by atoms with E-state index in [1.165, 1.54) is 16.2 Å². The topological polar surface area (TPSA) is 28.7 Å². The van der Waals surface area contributed by atoms with Gasteiger partial charge in [0, 0.05) is 11.8 Å². The molecule has 0 saturated carbocycles. The van der Waals surface area contributed by atoms with Gasteiger partial charge in [-0.2, -0.15) is 0 Å². The highest BCUT2D eigenvalue weighted by molar-refractivity contribution is 6.33. The number of nitrogens with zero attached hydrogens (tertiary/aromatic N) is 1. The van der Waals surface area contributed by atoms with Crippen molar-refractivity contribution < 1.29 is 0 Å². The highest BCUT2D eigenvalue weighted by Gasteiger charge is 2.00. The van der Waals surface area contributed by atoms with Gasteiger partial charge in [0.05, 0.1) is 12.0 Å². The monoisotopic (exact) mass is 206 g/mol. The first-order valence-corrected chi connectivity index (χ1v) is 5.32. The quantitative estimate of drug-likeness (QED) is 0.600. The second kappa shape index (κ2) is 3.52. The van der Waals surface area contributed by atoms with Crippen LogP contribution in [0.4, 0.5) is 0 Å². The smallest absolute Gasteiger partial charge is 0.139 e. The lowest BCUT2D eigenvalue weighted by Crippen LogP contribution is -1.99. The van der Waals surface area contributed by atoms with Gasteiger partial charge in [0.1, 0.15) is 7.85 Å². The lowest BCUT2D eigenvalue weighted by molar-refractivity contribution is 1.31. The number of hydrogen-bond donors (Lipinski definition) is 1. The van der Waals surface area contributed by atoms with Gasteiger partial charge in [-0.3, -0.25) is 0 Å². The van der Waals surface area contributed by atoms with Gasteiger partial charge in [-0.1, -0.05) is 35.8 Å². The molecule has 0 unspecified atom stereocenters. The Morgan fingerprint density at radius 1 is 1.00 bits per heavy atom. The van der Waals surface area contributed by atoms with Crippen LogP contribution in [-0.4, -0.2) is 17.8 Å². The Balaban J connectivity index is 2.20. The molecule has 0 radical (unpaired) electrons. The predicted molar refractivity (Wildman–Crippen MR) is 69.7 cm³/mol. The van der Waals surface area contributed by atoms with Crippen molar-refractivity contribution in [2.75, 3.05) is 0 Å². The summed E-state index contributed by atoms with van der Waals surface area (Å²) in [4.78, 5) is 7.23. The summed E-state index contributed by atoms with van der Waals surface area (Å²) in [6, 6.07) is 12.9. The highest BCUT2D eigenvalue weighted by Crippen LogP contribution is 2.21. The highest BCUT2D eigenvalue weighted by atomic mass is 14.9. The third kappa shape index (κ3) is 1.50. The van der Waals surface area contributed by atoms with Crippen molar-refractivity contribution in [3.05, 3.63) is 48.9 Å². The van der Waals surface area contributed by atoms with Gasteiger partial charge >= 0.3 is 0 Å². The number of nitrogens with one attached hydrogen (secondary N) is 1. The molecule has 76 valence electrons. The first kappa shape index (κ1) is 9.22. The summed E-state index contributed by atoms with van der Waals surface area (Å²) in [6.45, 7) is 0. The zero-order chi connectivity index (χ0) is 11.0. The van der Waals surface area contributed by atoms with Crippen LogP contribution in [0.5, 0.6) is 0 Å². The molecular formula is C13H11BN2. The third-order valence-corrected chi connectivity index (χ3v) is 2.79. The molecule has 0 saturated heterocycles. The molecule has 3 rings (SSSR count). The molecule has 3 aromatic rings. The summed E-state index contributed by atoms with van der Waals surface area (Å²) in [5, 5.41) is 2.53. The van der Waals surface area contributed by atoms with Gasteiger partial charge in [0.2, 0.25) is 0 Å². The zero-order valence-electron chi connectivity index (χ0n) is 9.07. The Hall–Kier alpha value is -2.03. The Morgan fingerprint density at radius 3 is 2.62 bits per heavy atom. The molecule has 0 bridgehead atoms. The van der Waals surface area contributed by atoms with Crippen molar-refractivity contribution >= 4 is 24.1 Å². The van der Waals surface area contributed by atoms with E-state index in [0.29, 0.717) is 0 Å². The maximum atomic E-state index is 4.26. The molecular weight excluding hydrogens is 195 g/mol. The Bertz CT molecular complexity index is 629. The number of H-pyrrole nitrogens is 1. The van der Waals surface area contributed by atoms with E-state index in [2.05, 4.69) is 54.2 Å². The second-order valence-electron chi connectivity index (χ2n) is 4.02. The fourth-order valence-corrected chi connectivity index (χ4v) is 1.94. The van der Waals surface area contributed by atoms with Gasteiger partial charge in [-0.25, -0.2) is 4.98 Å². The van der Waals surface area contributed by atoms with E-state index in [4.69, 9.17) is 0 Å². The van der Waals surface area contributed by atoms with Crippen molar-refractivity contribution in [1.82, 2.24) is 9.97 Å². The van der Waals surface area contributed by atoms with Gasteiger partial charge < -0.3 is 4.98 Å². The van der Waals surface area contributed by atoms with Gasteiger partial charge in [-0.05, 0) is 16.8 Å². The zero-order valence-corrected chi connectivity index (χ0v) is 9.07. The first-order chi connectivity index (χ1) is 7.83. The van der Waals surface area contributed by atoms with E-state index < -0.39 is 0 Å². The molecule has 0 aliphatic rings. The Morgan fingerprint density at radius 2 is 1.81 bits per heavy atom. The van der Waals surface area contributed by atoms with E-state index in [9.17, 15) is 0 Å². The fourth-order valence-electron chi connectivity index (χ4n) is 1.94. The molecule has 0 fully saturated rings. The lowest BCUT2D eigenvalue weighted by Gasteiger charge is -2.02. The maximum absolute atomic E-state index is 4.26. The molecule has 1 aromatic heterocycles. The van der Waals surface area contributed by atoms with E-state index in [1.807, 2.05) is 6.20 Å². The molecule has 0 amide bonds. The Kier molecular flexibility index (Phi) is 2.03. The minimum Gasteiger partial charge on any atom is -0.351 e. The number of hydrogen-bond acceptors (Lipinski definition) is 1. The van der Waals surface area contributed by atoms with Crippen molar-refractivity contribution in [1.29, 1.82) is 0 Å².